The van der Waals surface area contributed by atoms with Gasteiger partial charge in [-0.15, -0.1) is 0 Å². The van der Waals surface area contributed by atoms with Gasteiger partial charge in [-0.25, -0.2) is 9.97 Å². The molecule has 3 aromatic rings. The van der Waals surface area contributed by atoms with Gasteiger partial charge in [0.1, 0.15) is 15.7 Å². The highest BCUT2D eigenvalue weighted by Crippen LogP contribution is 2.36. The average Bonchev–Trinajstić information content (AvgIpc) is 3.18. The van der Waals surface area contributed by atoms with E-state index in [2.05, 4.69) is 32.1 Å². The van der Waals surface area contributed by atoms with Crippen LogP contribution in [-0.4, -0.2) is 45.7 Å². The van der Waals surface area contributed by atoms with Crippen LogP contribution in [0.1, 0.15) is 11.9 Å². The van der Waals surface area contributed by atoms with Crippen LogP contribution in [0.2, 0.25) is 0 Å². The molecule has 1 saturated heterocycles. The number of anilines is 1. The Labute approximate surface area is 138 Å². The fraction of sp³-hybridized carbons (Fsp3) is 0.375. The van der Waals surface area contributed by atoms with Gasteiger partial charge in [-0.1, -0.05) is 23.5 Å². The lowest BCUT2D eigenvalue weighted by atomic mass is 10.2. The van der Waals surface area contributed by atoms with Crippen molar-refractivity contribution in [2.24, 2.45) is 0 Å². The molecule has 3 heterocycles. The molecule has 0 bridgehead atoms. The van der Waals surface area contributed by atoms with E-state index < -0.39 is 0 Å². The molecule has 0 amide bonds. The Morgan fingerprint density at radius 3 is 3.00 bits per heavy atom. The van der Waals surface area contributed by atoms with Crippen molar-refractivity contribution in [1.82, 2.24) is 20.3 Å². The molecule has 0 aliphatic carbocycles. The summed E-state index contributed by atoms with van der Waals surface area (Å²) in [5, 5.41) is 14.8. The Bertz CT molecular complexity index is 794. The summed E-state index contributed by atoms with van der Waals surface area (Å²) in [6, 6.07) is 8.40. The fourth-order valence-corrected chi connectivity index (χ4v) is 3.93. The normalized spacial score (nSPS) is 18.7. The molecule has 1 fully saturated rings. The van der Waals surface area contributed by atoms with E-state index in [4.69, 9.17) is 0 Å². The lowest BCUT2D eigenvalue weighted by molar-refractivity contribution is 0.281. The van der Waals surface area contributed by atoms with Gasteiger partial charge in [-0.2, -0.15) is 0 Å². The van der Waals surface area contributed by atoms with Crippen LogP contribution in [0.5, 0.6) is 0 Å². The van der Waals surface area contributed by atoms with Gasteiger partial charge in [-0.05, 0) is 19.1 Å². The number of hydrogen-bond donors (Lipinski definition) is 3. The molecule has 0 unspecified atom stereocenters. The van der Waals surface area contributed by atoms with Gasteiger partial charge < -0.3 is 20.3 Å². The number of nitrogens with one attached hydrogen (secondary N) is 2. The predicted octanol–water partition coefficient (Wildman–Crippen LogP) is 1.98. The monoisotopic (exact) mass is 329 g/mol. The molecule has 2 aromatic heterocycles. The van der Waals surface area contributed by atoms with E-state index in [1.165, 1.54) is 0 Å². The Kier molecular flexibility index (Phi) is 3.76. The second-order valence-electron chi connectivity index (χ2n) is 5.82. The molecule has 23 heavy (non-hydrogen) atoms. The van der Waals surface area contributed by atoms with Crippen LogP contribution in [0.4, 0.5) is 5.00 Å². The van der Waals surface area contributed by atoms with E-state index in [9.17, 15) is 5.11 Å². The van der Waals surface area contributed by atoms with Crippen molar-refractivity contribution in [2.45, 2.75) is 19.6 Å². The van der Waals surface area contributed by atoms with Gasteiger partial charge in [0.25, 0.3) is 0 Å². The van der Waals surface area contributed by atoms with Crippen molar-refractivity contribution in [3.8, 4) is 11.5 Å². The van der Waals surface area contributed by atoms with Crippen LogP contribution >= 0.6 is 11.3 Å². The minimum atomic E-state index is -0.0421. The first-order chi connectivity index (χ1) is 11.2. The van der Waals surface area contributed by atoms with Crippen LogP contribution in [0.15, 0.2) is 24.3 Å². The fourth-order valence-electron chi connectivity index (χ4n) is 2.97. The summed E-state index contributed by atoms with van der Waals surface area (Å²) >= 11 is 1.55. The first-order valence-corrected chi connectivity index (χ1v) is 8.60. The second-order valence-corrected chi connectivity index (χ2v) is 6.89. The molecule has 0 spiro atoms. The Hall–Kier alpha value is -1.96. The third-order valence-electron chi connectivity index (χ3n) is 4.06. The van der Waals surface area contributed by atoms with Crippen LogP contribution < -0.4 is 10.2 Å². The number of hydrogen-bond acceptors (Lipinski definition) is 6. The number of aliphatic hydroxyl groups excluding tert-OH is 1. The van der Waals surface area contributed by atoms with Gasteiger partial charge in [0.15, 0.2) is 5.82 Å². The summed E-state index contributed by atoms with van der Waals surface area (Å²) in [5.74, 6) is 0.767. The third kappa shape index (κ3) is 2.71. The van der Waals surface area contributed by atoms with Crippen molar-refractivity contribution in [2.75, 3.05) is 24.5 Å². The zero-order chi connectivity index (χ0) is 15.8. The number of rotatable bonds is 3. The molecule has 0 radical (unpaired) electrons. The number of aromatic nitrogens is 3. The van der Waals surface area contributed by atoms with E-state index in [-0.39, 0.29) is 6.61 Å². The van der Waals surface area contributed by atoms with E-state index in [1.807, 2.05) is 24.3 Å². The number of aromatic amines is 1. The smallest absolute Gasteiger partial charge is 0.160 e. The summed E-state index contributed by atoms with van der Waals surface area (Å²) in [4.78, 5) is 15.0. The number of thiazole rings is 1. The zero-order valence-electron chi connectivity index (χ0n) is 12.9. The van der Waals surface area contributed by atoms with Crippen molar-refractivity contribution in [3.05, 3.63) is 29.3 Å². The van der Waals surface area contributed by atoms with Gasteiger partial charge in [-0.3, -0.25) is 0 Å². The summed E-state index contributed by atoms with van der Waals surface area (Å²) in [6.45, 7) is 4.96. The summed E-state index contributed by atoms with van der Waals surface area (Å²) in [5.41, 5.74) is 2.77. The maximum Gasteiger partial charge on any atom is 0.160 e. The van der Waals surface area contributed by atoms with Gasteiger partial charge >= 0.3 is 0 Å². The lowest BCUT2D eigenvalue weighted by Gasteiger charge is -2.32. The number of para-hydroxylation sites is 2. The van der Waals surface area contributed by atoms with Crippen LogP contribution in [0.3, 0.4) is 0 Å². The summed E-state index contributed by atoms with van der Waals surface area (Å²) < 4.78 is 0. The maximum absolute atomic E-state index is 9.50. The summed E-state index contributed by atoms with van der Waals surface area (Å²) in [6.07, 6.45) is 0. The zero-order valence-corrected chi connectivity index (χ0v) is 13.7. The van der Waals surface area contributed by atoms with E-state index in [0.29, 0.717) is 6.04 Å². The molecule has 1 aliphatic heterocycles. The molecule has 120 valence electrons. The molecule has 7 heteroatoms. The molecule has 6 nitrogen and oxygen atoms in total. The second kappa shape index (κ2) is 5.92. The number of aliphatic hydroxyl groups is 1. The van der Waals surface area contributed by atoms with Crippen molar-refractivity contribution >= 4 is 27.4 Å². The Balaban J connectivity index is 1.79. The molecule has 4 rings (SSSR count). The number of fused-ring (bicyclic) bond motifs is 1. The minimum Gasteiger partial charge on any atom is -0.389 e. The topological polar surface area (TPSA) is 77.1 Å². The maximum atomic E-state index is 9.50. The minimum absolute atomic E-state index is 0.0421. The lowest BCUT2D eigenvalue weighted by Crippen LogP contribution is -2.49. The highest BCUT2D eigenvalue weighted by atomic mass is 32.1. The molecule has 0 saturated carbocycles. The van der Waals surface area contributed by atoms with Crippen LogP contribution in [0.25, 0.3) is 22.6 Å². The van der Waals surface area contributed by atoms with Gasteiger partial charge in [0.05, 0.1) is 17.6 Å². The van der Waals surface area contributed by atoms with E-state index >= 15 is 0 Å². The molecular weight excluding hydrogens is 310 g/mol. The van der Waals surface area contributed by atoms with Crippen LogP contribution in [0, 0.1) is 0 Å². The molecule has 1 aliphatic rings. The molecular formula is C16H19N5OS. The largest absolute Gasteiger partial charge is 0.389 e. The number of nitrogens with zero attached hydrogens (tertiary/aromatic N) is 3. The van der Waals surface area contributed by atoms with E-state index in [0.717, 1.165) is 52.2 Å². The third-order valence-corrected chi connectivity index (χ3v) is 5.16. The number of benzene rings is 1. The first-order valence-electron chi connectivity index (χ1n) is 7.78. The molecule has 3 N–H and O–H groups in total. The highest BCUT2D eigenvalue weighted by molar-refractivity contribution is 7.16. The quantitative estimate of drug-likeness (QED) is 0.685. The molecule has 1 atom stereocenters. The Morgan fingerprint density at radius 1 is 1.35 bits per heavy atom. The number of imidazole rings is 1. The van der Waals surface area contributed by atoms with Crippen molar-refractivity contribution in [3.63, 3.8) is 0 Å². The highest BCUT2D eigenvalue weighted by Gasteiger charge is 2.24. The van der Waals surface area contributed by atoms with Gasteiger partial charge in [0, 0.05) is 25.7 Å². The van der Waals surface area contributed by atoms with Crippen molar-refractivity contribution < 1.29 is 5.11 Å². The number of piperazine rings is 1. The van der Waals surface area contributed by atoms with Crippen LogP contribution in [-0.2, 0) is 6.61 Å². The Morgan fingerprint density at radius 2 is 2.22 bits per heavy atom. The predicted molar refractivity (Wildman–Crippen MR) is 92.8 cm³/mol. The SMILES string of the molecule is C[C@@H]1CN(c2sc(CO)nc2-c2nc3ccccc3[nH]2)CCN1. The van der Waals surface area contributed by atoms with Gasteiger partial charge in [0.2, 0.25) is 0 Å². The van der Waals surface area contributed by atoms with Crippen molar-refractivity contribution in [1.29, 1.82) is 0 Å². The number of H-pyrrole nitrogens is 1. The standard InChI is InChI=1S/C16H19N5OS/c1-10-8-21(7-6-17-10)16-14(20-13(9-22)23-16)15-18-11-4-2-3-5-12(11)19-15/h2-5,10,17,22H,6-9H2,1H3,(H,18,19)/t10-/m1/s1. The summed E-state index contributed by atoms with van der Waals surface area (Å²) in [7, 11) is 0. The average molecular weight is 329 g/mol. The molecule has 1 aromatic carbocycles. The van der Waals surface area contributed by atoms with E-state index in [1.54, 1.807) is 11.3 Å². The first kappa shape index (κ1) is 14.6.